The van der Waals surface area contributed by atoms with E-state index in [1.165, 1.54) is 0 Å². The molecule has 1 N–H and O–H groups in total. The van der Waals surface area contributed by atoms with Gasteiger partial charge in [0, 0.05) is 35.3 Å². The van der Waals surface area contributed by atoms with E-state index in [0.29, 0.717) is 12.4 Å². The number of hydrogen-bond acceptors (Lipinski definition) is 5. The first-order valence-corrected chi connectivity index (χ1v) is 7.54. The smallest absolute Gasteiger partial charge is 0.161 e. The molecular weight excluding hydrogens is 288 g/mol. The van der Waals surface area contributed by atoms with Crippen LogP contribution in [0.3, 0.4) is 0 Å². The summed E-state index contributed by atoms with van der Waals surface area (Å²) in [6.07, 6.45) is 3.49. The van der Waals surface area contributed by atoms with Gasteiger partial charge in [-0.25, -0.2) is 9.97 Å². The largest absolute Gasteiger partial charge is 0.491 e. The van der Waals surface area contributed by atoms with Crippen LogP contribution in [0.2, 0.25) is 0 Å². The zero-order valence-electron chi connectivity index (χ0n) is 12.7. The van der Waals surface area contributed by atoms with Crippen molar-refractivity contribution in [3.63, 3.8) is 0 Å². The number of para-hydroxylation sites is 1. The maximum Gasteiger partial charge on any atom is 0.161 e. The minimum absolute atomic E-state index is 0.103. The van der Waals surface area contributed by atoms with Gasteiger partial charge in [0.15, 0.2) is 5.82 Å². The van der Waals surface area contributed by atoms with E-state index in [-0.39, 0.29) is 6.04 Å². The number of pyridine rings is 1. The van der Waals surface area contributed by atoms with Crippen LogP contribution < -0.4 is 10.1 Å². The van der Waals surface area contributed by atoms with E-state index >= 15 is 0 Å². The van der Waals surface area contributed by atoms with E-state index in [1.807, 2.05) is 43.3 Å². The second-order valence-electron chi connectivity index (χ2n) is 5.50. The van der Waals surface area contributed by atoms with Gasteiger partial charge in [0.25, 0.3) is 0 Å². The number of ether oxygens (including phenoxy) is 1. The van der Waals surface area contributed by atoms with Crippen LogP contribution in [0.4, 0.5) is 5.82 Å². The number of nitrogens with zero attached hydrogens (tertiary/aromatic N) is 3. The molecule has 1 atom stereocenters. The summed E-state index contributed by atoms with van der Waals surface area (Å²) < 4.78 is 5.71. The molecule has 0 aliphatic carbocycles. The lowest BCUT2D eigenvalue weighted by atomic mass is 10.1. The summed E-state index contributed by atoms with van der Waals surface area (Å²) in [7, 11) is 0. The number of nitrogens with one attached hydrogen (secondary N) is 1. The van der Waals surface area contributed by atoms with Crippen molar-refractivity contribution >= 4 is 5.82 Å². The second-order valence-corrected chi connectivity index (χ2v) is 5.50. The monoisotopic (exact) mass is 304 g/mol. The molecule has 5 nitrogen and oxygen atoms in total. The van der Waals surface area contributed by atoms with E-state index < -0.39 is 0 Å². The zero-order chi connectivity index (χ0) is 15.6. The molecule has 0 saturated carbocycles. The number of benzene rings is 1. The van der Waals surface area contributed by atoms with Crippen LogP contribution in [0.15, 0.2) is 54.9 Å². The summed E-state index contributed by atoms with van der Waals surface area (Å²) in [5.41, 5.74) is 3.03. The van der Waals surface area contributed by atoms with Gasteiger partial charge < -0.3 is 10.1 Å². The van der Waals surface area contributed by atoms with Crippen LogP contribution in [0.1, 0.15) is 17.3 Å². The van der Waals surface area contributed by atoms with E-state index in [1.54, 1.807) is 12.4 Å². The second kappa shape index (κ2) is 5.68. The topological polar surface area (TPSA) is 59.9 Å². The summed E-state index contributed by atoms with van der Waals surface area (Å²) in [5.74, 6) is 2.43. The molecular formula is C18H16N4O. The number of aryl methyl sites for hydroxylation is 1. The lowest BCUT2D eigenvalue weighted by molar-refractivity contribution is 0.339. The van der Waals surface area contributed by atoms with Gasteiger partial charge in [-0.1, -0.05) is 18.2 Å². The Hall–Kier alpha value is -2.95. The SMILES string of the molecule is Cc1cc(N[C@@H]2COc3ccccc32)nc(-c2ccncc2)n1. The maximum absolute atomic E-state index is 5.71. The van der Waals surface area contributed by atoms with Crippen molar-refractivity contribution in [3.05, 3.63) is 66.1 Å². The van der Waals surface area contributed by atoms with Crippen LogP contribution in [0, 0.1) is 6.92 Å². The highest BCUT2D eigenvalue weighted by Gasteiger charge is 2.23. The van der Waals surface area contributed by atoms with Crippen molar-refractivity contribution in [2.75, 3.05) is 11.9 Å². The molecule has 0 radical (unpaired) electrons. The van der Waals surface area contributed by atoms with Crippen LogP contribution in [-0.2, 0) is 0 Å². The maximum atomic E-state index is 5.71. The quantitative estimate of drug-likeness (QED) is 0.803. The third kappa shape index (κ3) is 2.73. The fraction of sp³-hybridized carbons (Fsp3) is 0.167. The number of fused-ring (bicyclic) bond motifs is 1. The Labute approximate surface area is 134 Å². The van der Waals surface area contributed by atoms with Crippen molar-refractivity contribution < 1.29 is 4.74 Å². The number of anilines is 1. The van der Waals surface area contributed by atoms with Gasteiger partial charge >= 0.3 is 0 Å². The lowest BCUT2D eigenvalue weighted by Gasteiger charge is -2.13. The average molecular weight is 304 g/mol. The number of rotatable bonds is 3. The first-order chi connectivity index (χ1) is 11.3. The highest BCUT2D eigenvalue weighted by Crippen LogP contribution is 2.34. The van der Waals surface area contributed by atoms with Crippen molar-refractivity contribution in [3.8, 4) is 17.1 Å². The zero-order valence-corrected chi connectivity index (χ0v) is 12.7. The summed E-state index contributed by atoms with van der Waals surface area (Å²) in [4.78, 5) is 13.2. The molecule has 0 bridgehead atoms. The summed E-state index contributed by atoms with van der Waals surface area (Å²) in [6, 6.07) is 14.0. The highest BCUT2D eigenvalue weighted by molar-refractivity contribution is 5.57. The van der Waals surface area contributed by atoms with Gasteiger partial charge in [0.05, 0.1) is 6.04 Å². The third-order valence-corrected chi connectivity index (χ3v) is 3.81. The van der Waals surface area contributed by atoms with Crippen LogP contribution >= 0.6 is 0 Å². The van der Waals surface area contributed by atoms with Crippen molar-refractivity contribution in [1.29, 1.82) is 0 Å². The van der Waals surface area contributed by atoms with E-state index in [4.69, 9.17) is 4.74 Å². The minimum Gasteiger partial charge on any atom is -0.491 e. The van der Waals surface area contributed by atoms with Gasteiger partial charge in [0.1, 0.15) is 18.2 Å². The van der Waals surface area contributed by atoms with Crippen LogP contribution in [0.25, 0.3) is 11.4 Å². The van der Waals surface area contributed by atoms with Crippen molar-refractivity contribution in [2.45, 2.75) is 13.0 Å². The Bertz CT molecular complexity index is 835. The van der Waals surface area contributed by atoms with Crippen molar-refractivity contribution in [2.24, 2.45) is 0 Å². The Morgan fingerprint density at radius 2 is 1.91 bits per heavy atom. The summed E-state index contributed by atoms with van der Waals surface area (Å²) in [5, 5.41) is 3.46. The first-order valence-electron chi connectivity index (χ1n) is 7.54. The molecule has 0 unspecified atom stereocenters. The third-order valence-electron chi connectivity index (χ3n) is 3.81. The molecule has 1 aliphatic heterocycles. The average Bonchev–Trinajstić information content (AvgIpc) is 2.98. The molecule has 0 spiro atoms. The van der Waals surface area contributed by atoms with Gasteiger partial charge in [-0.3, -0.25) is 4.98 Å². The number of aromatic nitrogens is 3. The van der Waals surface area contributed by atoms with Gasteiger partial charge in [0.2, 0.25) is 0 Å². The predicted octanol–water partition coefficient (Wildman–Crippen LogP) is 3.39. The summed E-state index contributed by atoms with van der Waals surface area (Å²) in [6.45, 7) is 2.57. The molecule has 114 valence electrons. The van der Waals surface area contributed by atoms with Crippen LogP contribution in [0.5, 0.6) is 5.75 Å². The molecule has 1 aliphatic rings. The van der Waals surface area contributed by atoms with E-state index in [0.717, 1.165) is 28.4 Å². The van der Waals surface area contributed by atoms with Gasteiger partial charge in [-0.15, -0.1) is 0 Å². The van der Waals surface area contributed by atoms with Gasteiger partial charge in [-0.05, 0) is 25.1 Å². The fourth-order valence-electron chi connectivity index (χ4n) is 2.73. The Kier molecular flexibility index (Phi) is 3.38. The standard InChI is InChI=1S/C18H16N4O/c1-12-10-17(22-18(20-12)13-6-8-19-9-7-13)21-15-11-23-16-5-3-2-4-14(15)16/h2-10,15H,11H2,1H3,(H,20,21,22)/t15-/m1/s1. The minimum atomic E-state index is 0.103. The highest BCUT2D eigenvalue weighted by atomic mass is 16.5. The molecule has 2 aromatic heterocycles. The van der Waals surface area contributed by atoms with Crippen molar-refractivity contribution in [1.82, 2.24) is 15.0 Å². The van der Waals surface area contributed by atoms with E-state index in [9.17, 15) is 0 Å². The van der Waals surface area contributed by atoms with E-state index in [2.05, 4.69) is 26.3 Å². The summed E-state index contributed by atoms with van der Waals surface area (Å²) >= 11 is 0. The molecule has 3 aromatic rings. The number of hydrogen-bond donors (Lipinski definition) is 1. The Balaban J connectivity index is 1.64. The fourth-order valence-corrected chi connectivity index (χ4v) is 2.73. The normalized spacial score (nSPS) is 15.8. The molecule has 4 rings (SSSR count). The Morgan fingerprint density at radius 1 is 1.09 bits per heavy atom. The molecule has 0 saturated heterocycles. The molecule has 1 aromatic carbocycles. The predicted molar refractivity (Wildman–Crippen MR) is 88.3 cm³/mol. The first kappa shape index (κ1) is 13.7. The lowest BCUT2D eigenvalue weighted by Crippen LogP contribution is -2.13. The molecule has 0 amide bonds. The molecule has 3 heterocycles. The molecule has 5 heteroatoms. The van der Waals surface area contributed by atoms with Crippen LogP contribution in [-0.4, -0.2) is 21.6 Å². The Morgan fingerprint density at radius 3 is 2.78 bits per heavy atom. The molecule has 0 fully saturated rings. The van der Waals surface area contributed by atoms with Gasteiger partial charge in [-0.2, -0.15) is 0 Å². The molecule has 23 heavy (non-hydrogen) atoms.